The summed E-state index contributed by atoms with van der Waals surface area (Å²) in [6, 6.07) is 5.39. The summed E-state index contributed by atoms with van der Waals surface area (Å²) in [5, 5.41) is 0. The van der Waals surface area contributed by atoms with Crippen molar-refractivity contribution in [3.05, 3.63) is 29.3 Å². The van der Waals surface area contributed by atoms with E-state index in [-0.39, 0.29) is 6.54 Å². The lowest BCUT2D eigenvalue weighted by atomic mass is 10.2. The van der Waals surface area contributed by atoms with Crippen molar-refractivity contribution in [2.45, 2.75) is 31.6 Å². The minimum absolute atomic E-state index is 0.145. The first kappa shape index (κ1) is 14.1. The predicted molar refractivity (Wildman–Crippen MR) is 76.2 cm³/mol. The summed E-state index contributed by atoms with van der Waals surface area (Å²) in [6.45, 7) is 4.46. The van der Waals surface area contributed by atoms with Gasteiger partial charge in [-0.15, -0.1) is 6.42 Å². The average molecular weight is 277 g/mol. The summed E-state index contributed by atoms with van der Waals surface area (Å²) in [6.07, 6.45) is 7.51. The molecule has 1 aromatic carbocycles. The first-order valence-corrected chi connectivity index (χ1v) is 7.90. The maximum atomic E-state index is 12.6. The molecule has 1 aliphatic carbocycles. The number of aryl methyl sites for hydroxylation is 2. The number of hydrogen-bond donors (Lipinski definition) is 0. The van der Waals surface area contributed by atoms with Crippen LogP contribution in [-0.4, -0.2) is 25.8 Å². The highest BCUT2D eigenvalue weighted by Crippen LogP contribution is 2.32. The first-order valence-electron chi connectivity index (χ1n) is 6.46. The van der Waals surface area contributed by atoms with E-state index in [0.717, 1.165) is 24.0 Å². The van der Waals surface area contributed by atoms with Crippen LogP contribution in [0.15, 0.2) is 23.1 Å². The Morgan fingerprint density at radius 2 is 2.05 bits per heavy atom. The lowest BCUT2D eigenvalue weighted by Gasteiger charge is -2.21. The van der Waals surface area contributed by atoms with Gasteiger partial charge in [0.1, 0.15) is 0 Å². The SMILES string of the molecule is C#CCN(CC1CC1)S(=O)(=O)c1ccc(C)cc1C. The van der Waals surface area contributed by atoms with Gasteiger partial charge in [0.05, 0.1) is 11.4 Å². The first-order chi connectivity index (χ1) is 8.95. The molecule has 1 aliphatic rings. The summed E-state index contributed by atoms with van der Waals surface area (Å²) >= 11 is 0. The van der Waals surface area contributed by atoms with E-state index in [4.69, 9.17) is 6.42 Å². The summed E-state index contributed by atoms with van der Waals surface area (Å²) in [5.41, 5.74) is 1.83. The normalized spacial score (nSPS) is 15.5. The van der Waals surface area contributed by atoms with Crippen LogP contribution in [0.1, 0.15) is 24.0 Å². The topological polar surface area (TPSA) is 37.4 Å². The Morgan fingerprint density at radius 1 is 1.37 bits per heavy atom. The smallest absolute Gasteiger partial charge is 0.207 e. The molecule has 2 rings (SSSR count). The van der Waals surface area contributed by atoms with Crippen molar-refractivity contribution >= 4 is 10.0 Å². The highest BCUT2D eigenvalue weighted by atomic mass is 32.2. The third-order valence-corrected chi connectivity index (χ3v) is 5.35. The van der Waals surface area contributed by atoms with Crippen LogP contribution in [0.5, 0.6) is 0 Å². The molecule has 3 nitrogen and oxygen atoms in total. The van der Waals surface area contributed by atoms with Gasteiger partial charge in [0.2, 0.25) is 10.0 Å². The van der Waals surface area contributed by atoms with Gasteiger partial charge in [-0.25, -0.2) is 8.42 Å². The van der Waals surface area contributed by atoms with E-state index in [0.29, 0.717) is 17.4 Å². The summed E-state index contributed by atoms with van der Waals surface area (Å²) in [4.78, 5) is 0.369. The van der Waals surface area contributed by atoms with Gasteiger partial charge < -0.3 is 0 Å². The van der Waals surface area contributed by atoms with Gasteiger partial charge in [-0.1, -0.05) is 23.6 Å². The highest BCUT2D eigenvalue weighted by molar-refractivity contribution is 7.89. The molecule has 0 spiro atoms. The van der Waals surface area contributed by atoms with Gasteiger partial charge in [0.15, 0.2) is 0 Å². The Morgan fingerprint density at radius 3 is 2.58 bits per heavy atom. The molecule has 0 atom stereocenters. The van der Waals surface area contributed by atoms with Crippen LogP contribution in [0.4, 0.5) is 0 Å². The Kier molecular flexibility index (Phi) is 3.98. The van der Waals surface area contributed by atoms with E-state index in [2.05, 4.69) is 5.92 Å². The molecule has 19 heavy (non-hydrogen) atoms. The van der Waals surface area contributed by atoms with Crippen LogP contribution >= 0.6 is 0 Å². The number of nitrogens with zero attached hydrogens (tertiary/aromatic N) is 1. The van der Waals surface area contributed by atoms with Crippen molar-refractivity contribution < 1.29 is 8.42 Å². The Hall–Kier alpha value is -1.31. The number of sulfonamides is 1. The Balaban J connectivity index is 2.35. The van der Waals surface area contributed by atoms with Crippen molar-refractivity contribution in [3.63, 3.8) is 0 Å². The molecule has 0 aromatic heterocycles. The molecular weight excluding hydrogens is 258 g/mol. The molecule has 102 valence electrons. The van der Waals surface area contributed by atoms with E-state index in [9.17, 15) is 8.42 Å². The van der Waals surface area contributed by atoms with Crippen molar-refractivity contribution in [2.75, 3.05) is 13.1 Å². The second-order valence-electron chi connectivity index (χ2n) is 5.21. The van der Waals surface area contributed by atoms with Gasteiger partial charge in [0.25, 0.3) is 0 Å². The molecular formula is C15H19NO2S. The van der Waals surface area contributed by atoms with Crippen LogP contribution in [0, 0.1) is 32.1 Å². The van der Waals surface area contributed by atoms with Crippen molar-refractivity contribution in [1.82, 2.24) is 4.31 Å². The molecule has 0 amide bonds. The summed E-state index contributed by atoms with van der Waals surface area (Å²) in [5.74, 6) is 2.93. The molecule has 0 bridgehead atoms. The van der Waals surface area contributed by atoms with Gasteiger partial charge >= 0.3 is 0 Å². The minimum atomic E-state index is -3.47. The lowest BCUT2D eigenvalue weighted by molar-refractivity contribution is 0.430. The molecule has 0 saturated heterocycles. The van der Waals surface area contributed by atoms with Gasteiger partial charge in [-0.2, -0.15) is 4.31 Å². The van der Waals surface area contributed by atoms with E-state index in [1.54, 1.807) is 6.07 Å². The van der Waals surface area contributed by atoms with Crippen LogP contribution in [-0.2, 0) is 10.0 Å². The fraction of sp³-hybridized carbons (Fsp3) is 0.467. The van der Waals surface area contributed by atoms with Crippen LogP contribution in [0.25, 0.3) is 0 Å². The van der Waals surface area contributed by atoms with Crippen LogP contribution in [0.3, 0.4) is 0 Å². The van der Waals surface area contributed by atoms with E-state index in [1.807, 2.05) is 26.0 Å². The van der Waals surface area contributed by atoms with Gasteiger partial charge in [0, 0.05) is 6.54 Å². The molecule has 0 aliphatic heterocycles. The predicted octanol–water partition coefficient (Wildman–Crippen LogP) is 2.34. The zero-order valence-corrected chi connectivity index (χ0v) is 12.2. The highest BCUT2D eigenvalue weighted by Gasteiger charge is 2.31. The quantitative estimate of drug-likeness (QED) is 0.775. The molecule has 4 heteroatoms. The van der Waals surface area contributed by atoms with Gasteiger partial charge in [-0.05, 0) is 44.2 Å². The fourth-order valence-corrected chi connectivity index (χ4v) is 3.80. The second-order valence-corrected chi connectivity index (χ2v) is 7.12. The molecule has 0 N–H and O–H groups in total. The van der Waals surface area contributed by atoms with Crippen molar-refractivity contribution in [1.29, 1.82) is 0 Å². The third kappa shape index (κ3) is 3.17. The maximum absolute atomic E-state index is 12.6. The Bertz CT molecular complexity index is 610. The zero-order chi connectivity index (χ0) is 14.0. The monoisotopic (exact) mass is 277 g/mol. The molecule has 0 radical (unpaired) electrons. The average Bonchev–Trinajstić information content (AvgIpc) is 3.11. The number of hydrogen-bond acceptors (Lipinski definition) is 2. The third-order valence-electron chi connectivity index (χ3n) is 3.37. The molecule has 0 unspecified atom stereocenters. The summed E-state index contributed by atoms with van der Waals surface area (Å²) in [7, 11) is -3.47. The van der Waals surface area contributed by atoms with Crippen LogP contribution in [0.2, 0.25) is 0 Å². The summed E-state index contributed by atoms with van der Waals surface area (Å²) < 4.78 is 26.7. The van der Waals surface area contributed by atoms with E-state index in [1.165, 1.54) is 4.31 Å². The minimum Gasteiger partial charge on any atom is -0.207 e. The van der Waals surface area contributed by atoms with Gasteiger partial charge in [-0.3, -0.25) is 0 Å². The molecule has 0 heterocycles. The standard InChI is InChI=1S/C15H19NO2S/c1-4-9-16(11-14-6-7-14)19(17,18)15-8-5-12(2)10-13(15)3/h1,5,8,10,14H,6-7,9,11H2,2-3H3. The molecule has 1 aromatic rings. The lowest BCUT2D eigenvalue weighted by Crippen LogP contribution is -2.33. The Labute approximate surface area is 115 Å². The largest absolute Gasteiger partial charge is 0.244 e. The number of benzene rings is 1. The number of rotatable bonds is 5. The van der Waals surface area contributed by atoms with Crippen molar-refractivity contribution in [2.24, 2.45) is 5.92 Å². The van der Waals surface area contributed by atoms with E-state index < -0.39 is 10.0 Å². The fourth-order valence-electron chi connectivity index (χ4n) is 2.17. The molecule has 1 saturated carbocycles. The second kappa shape index (κ2) is 5.36. The zero-order valence-electron chi connectivity index (χ0n) is 11.4. The maximum Gasteiger partial charge on any atom is 0.244 e. The van der Waals surface area contributed by atoms with Crippen LogP contribution < -0.4 is 0 Å². The van der Waals surface area contributed by atoms with Crippen molar-refractivity contribution in [3.8, 4) is 12.3 Å². The van der Waals surface area contributed by atoms with E-state index >= 15 is 0 Å². The number of terminal acetylenes is 1. The molecule has 1 fully saturated rings.